The van der Waals surface area contributed by atoms with Gasteiger partial charge in [0.15, 0.2) is 5.82 Å². The Hall–Kier alpha value is -4.30. The fraction of sp³-hybridized carbons (Fsp3) is 0.312. The Bertz CT molecular complexity index is 1680. The van der Waals surface area contributed by atoms with Crippen LogP contribution in [0.2, 0.25) is 0 Å². The molecule has 3 heterocycles. The van der Waals surface area contributed by atoms with Gasteiger partial charge in [0.1, 0.15) is 6.04 Å². The number of nitrogens with zero attached hydrogens (tertiary/aromatic N) is 6. The largest absolute Gasteiger partial charge is 0.369 e. The summed E-state index contributed by atoms with van der Waals surface area (Å²) >= 11 is 0. The first-order valence-corrected chi connectivity index (χ1v) is 14.0. The molecule has 1 saturated heterocycles. The van der Waals surface area contributed by atoms with Crippen molar-refractivity contribution in [1.29, 1.82) is 0 Å². The third kappa shape index (κ3) is 5.14. The van der Waals surface area contributed by atoms with Crippen LogP contribution in [0.5, 0.6) is 0 Å². The highest BCUT2D eigenvalue weighted by molar-refractivity contribution is 5.80. The lowest BCUT2D eigenvalue weighted by atomic mass is 10.0. The number of piperazine rings is 1. The van der Waals surface area contributed by atoms with Crippen LogP contribution in [0.1, 0.15) is 46.6 Å². The highest BCUT2D eigenvalue weighted by Crippen LogP contribution is 2.30. The van der Waals surface area contributed by atoms with E-state index in [1.807, 2.05) is 35.0 Å². The fourth-order valence-corrected chi connectivity index (χ4v) is 5.75. The van der Waals surface area contributed by atoms with Gasteiger partial charge in [-0.15, -0.1) is 5.10 Å². The topological polar surface area (TPSA) is 82.9 Å². The van der Waals surface area contributed by atoms with Crippen molar-refractivity contribution in [1.82, 2.24) is 30.1 Å². The van der Waals surface area contributed by atoms with Crippen LogP contribution in [0, 0.1) is 13.8 Å². The van der Waals surface area contributed by atoms with E-state index in [4.69, 9.17) is 0 Å². The van der Waals surface area contributed by atoms with E-state index in [9.17, 15) is 4.79 Å². The van der Waals surface area contributed by atoms with Crippen LogP contribution in [-0.4, -0.2) is 56.3 Å². The number of hydrogen-bond acceptors (Lipinski definition) is 6. The first-order valence-electron chi connectivity index (χ1n) is 14.0. The molecule has 0 saturated carbocycles. The second kappa shape index (κ2) is 11.1. The van der Waals surface area contributed by atoms with Gasteiger partial charge in [-0.3, -0.25) is 9.69 Å². The molecule has 1 fully saturated rings. The van der Waals surface area contributed by atoms with E-state index in [-0.39, 0.29) is 11.6 Å². The number of anilines is 1. The zero-order valence-corrected chi connectivity index (χ0v) is 23.3. The summed E-state index contributed by atoms with van der Waals surface area (Å²) in [5, 5.41) is 14.0. The van der Waals surface area contributed by atoms with Crippen molar-refractivity contribution in [2.24, 2.45) is 0 Å². The van der Waals surface area contributed by atoms with E-state index in [1.165, 1.54) is 22.4 Å². The standard InChI is InChI=1S/C32H35N7O/c1-4-24-12-13-28-26(19-24)20-27(32(40)33-28)30(31-34-35-36-39(31)21-25-8-6-5-7-9-25)38-16-14-37(15-17-38)29-18-22(2)10-11-23(29)3/h5-13,18-20,30H,4,14-17,21H2,1-3H3,(H,33,40). The molecule has 8 nitrogen and oxygen atoms in total. The molecule has 1 N–H and O–H groups in total. The number of nitrogens with one attached hydrogen (secondary N) is 1. The number of benzene rings is 3. The van der Waals surface area contributed by atoms with E-state index < -0.39 is 0 Å². The van der Waals surface area contributed by atoms with Crippen LogP contribution in [-0.2, 0) is 13.0 Å². The van der Waals surface area contributed by atoms with E-state index in [1.54, 1.807) is 0 Å². The van der Waals surface area contributed by atoms with E-state index in [2.05, 4.69) is 93.5 Å². The number of rotatable bonds is 7. The molecule has 0 spiro atoms. The number of fused-ring (bicyclic) bond motifs is 1. The molecule has 204 valence electrons. The Balaban J connectivity index is 1.39. The van der Waals surface area contributed by atoms with Crippen LogP contribution >= 0.6 is 0 Å². The first kappa shape index (κ1) is 26.0. The zero-order chi connectivity index (χ0) is 27.6. The predicted molar refractivity (Wildman–Crippen MR) is 159 cm³/mol. The van der Waals surface area contributed by atoms with Gasteiger partial charge >= 0.3 is 0 Å². The summed E-state index contributed by atoms with van der Waals surface area (Å²) in [5.74, 6) is 0.681. The van der Waals surface area contributed by atoms with Gasteiger partial charge in [0.05, 0.1) is 6.54 Å². The second-order valence-corrected chi connectivity index (χ2v) is 10.7. The molecule has 6 rings (SSSR count). The number of pyridine rings is 1. The molecular weight excluding hydrogens is 498 g/mol. The van der Waals surface area contributed by atoms with Gasteiger partial charge < -0.3 is 9.88 Å². The van der Waals surface area contributed by atoms with Gasteiger partial charge in [0.25, 0.3) is 5.56 Å². The monoisotopic (exact) mass is 533 g/mol. The number of aromatic amines is 1. The summed E-state index contributed by atoms with van der Waals surface area (Å²) < 4.78 is 1.84. The third-order valence-corrected chi connectivity index (χ3v) is 8.00. The molecule has 1 unspecified atom stereocenters. The highest BCUT2D eigenvalue weighted by atomic mass is 16.1. The van der Waals surface area contributed by atoms with E-state index in [0.29, 0.717) is 17.9 Å². The minimum atomic E-state index is -0.377. The van der Waals surface area contributed by atoms with Gasteiger partial charge in [-0.05, 0) is 82.6 Å². The molecule has 1 aliphatic rings. The van der Waals surface area contributed by atoms with Crippen molar-refractivity contribution in [3.8, 4) is 0 Å². The molecule has 0 aliphatic carbocycles. The lowest BCUT2D eigenvalue weighted by molar-refractivity contribution is 0.200. The van der Waals surface area contributed by atoms with Gasteiger partial charge in [0.2, 0.25) is 0 Å². The van der Waals surface area contributed by atoms with Crippen LogP contribution < -0.4 is 10.5 Å². The number of tetrazole rings is 1. The molecule has 8 heteroatoms. The summed E-state index contributed by atoms with van der Waals surface area (Å²) in [6.07, 6.45) is 0.934. The Morgan fingerprint density at radius 2 is 1.70 bits per heavy atom. The Morgan fingerprint density at radius 1 is 0.900 bits per heavy atom. The van der Waals surface area contributed by atoms with Crippen molar-refractivity contribution in [2.45, 2.75) is 39.8 Å². The van der Waals surface area contributed by atoms with Gasteiger partial charge in [-0.25, -0.2) is 4.68 Å². The third-order valence-electron chi connectivity index (χ3n) is 8.00. The Labute approximate surface area is 234 Å². The Morgan fingerprint density at radius 3 is 2.48 bits per heavy atom. The maximum absolute atomic E-state index is 13.6. The Kier molecular flexibility index (Phi) is 7.17. The summed E-state index contributed by atoms with van der Waals surface area (Å²) in [6, 6.07) is 24.7. The molecule has 1 atom stereocenters. The maximum atomic E-state index is 13.6. The number of hydrogen-bond donors (Lipinski definition) is 1. The SMILES string of the molecule is CCc1ccc2[nH]c(=O)c(C(c3nnnn3Cc3ccccc3)N3CCN(c4cc(C)ccc4C)CC3)cc2c1. The minimum Gasteiger partial charge on any atom is -0.369 e. The van der Waals surface area contributed by atoms with Crippen molar-refractivity contribution < 1.29 is 0 Å². The average Bonchev–Trinajstić information content (AvgIpc) is 3.43. The van der Waals surface area contributed by atoms with Gasteiger partial charge in [0, 0.05) is 42.9 Å². The first-order chi connectivity index (χ1) is 19.5. The quantitative estimate of drug-likeness (QED) is 0.328. The average molecular weight is 534 g/mol. The second-order valence-electron chi connectivity index (χ2n) is 10.7. The van der Waals surface area contributed by atoms with Crippen LogP contribution in [0.4, 0.5) is 5.69 Å². The minimum absolute atomic E-state index is 0.104. The summed E-state index contributed by atoms with van der Waals surface area (Å²) in [5.41, 5.74) is 7.56. The van der Waals surface area contributed by atoms with Crippen molar-refractivity contribution in [3.05, 3.63) is 117 Å². The molecule has 2 aromatic heterocycles. The maximum Gasteiger partial charge on any atom is 0.253 e. The fourth-order valence-electron chi connectivity index (χ4n) is 5.75. The van der Waals surface area contributed by atoms with Crippen LogP contribution in [0.25, 0.3) is 10.9 Å². The molecule has 0 amide bonds. The number of H-pyrrole nitrogens is 1. The molecule has 1 aliphatic heterocycles. The van der Waals surface area contributed by atoms with Crippen molar-refractivity contribution in [2.75, 3.05) is 31.1 Å². The molecule has 40 heavy (non-hydrogen) atoms. The van der Waals surface area contributed by atoms with Gasteiger partial charge in [-0.1, -0.05) is 55.5 Å². The highest BCUT2D eigenvalue weighted by Gasteiger charge is 2.33. The lowest BCUT2D eigenvalue weighted by Gasteiger charge is -2.40. The predicted octanol–water partition coefficient (Wildman–Crippen LogP) is 4.65. The molecule has 0 bridgehead atoms. The number of aryl methyl sites for hydroxylation is 3. The summed E-state index contributed by atoms with van der Waals surface area (Å²) in [7, 11) is 0. The lowest BCUT2D eigenvalue weighted by Crippen LogP contribution is -2.49. The summed E-state index contributed by atoms with van der Waals surface area (Å²) in [6.45, 7) is 10.3. The molecule has 0 radical (unpaired) electrons. The molecule has 5 aromatic rings. The van der Waals surface area contributed by atoms with E-state index in [0.717, 1.165) is 49.1 Å². The normalized spacial score (nSPS) is 15.0. The van der Waals surface area contributed by atoms with Gasteiger partial charge in [-0.2, -0.15) is 0 Å². The van der Waals surface area contributed by atoms with Crippen molar-refractivity contribution in [3.63, 3.8) is 0 Å². The van der Waals surface area contributed by atoms with E-state index >= 15 is 0 Å². The number of aromatic nitrogens is 5. The summed E-state index contributed by atoms with van der Waals surface area (Å²) in [4.78, 5) is 21.6. The smallest absolute Gasteiger partial charge is 0.253 e. The molecule has 3 aromatic carbocycles. The zero-order valence-electron chi connectivity index (χ0n) is 23.3. The van der Waals surface area contributed by atoms with Crippen molar-refractivity contribution >= 4 is 16.6 Å². The molecular formula is C32H35N7O. The van der Waals surface area contributed by atoms with Crippen LogP contribution in [0.3, 0.4) is 0 Å². The van der Waals surface area contributed by atoms with Crippen LogP contribution in [0.15, 0.2) is 77.6 Å².